The number of hydrogen-bond donors (Lipinski definition) is 2. The van der Waals surface area contributed by atoms with Gasteiger partial charge in [0.05, 0.1) is 6.54 Å². The van der Waals surface area contributed by atoms with Crippen LogP contribution in [0.5, 0.6) is 0 Å². The molecule has 0 aromatic heterocycles. The molecule has 0 aliphatic carbocycles. The first-order chi connectivity index (χ1) is 12.6. The van der Waals surface area contributed by atoms with Crippen LogP contribution in [0.3, 0.4) is 0 Å². The first kappa shape index (κ1) is 18.4. The van der Waals surface area contributed by atoms with E-state index < -0.39 is 0 Å². The minimum absolute atomic E-state index is 0.0977. The van der Waals surface area contributed by atoms with Crippen LogP contribution >= 0.6 is 0 Å². The Morgan fingerprint density at radius 2 is 1.65 bits per heavy atom. The maximum absolute atomic E-state index is 12.9. The number of amides is 1. The number of benzene rings is 2. The fourth-order valence-electron chi connectivity index (χ4n) is 2.95. The van der Waals surface area contributed by atoms with Gasteiger partial charge in [-0.05, 0) is 49.0 Å². The Balaban J connectivity index is 1.43. The lowest BCUT2D eigenvalue weighted by Crippen LogP contribution is -2.44. The third-order valence-corrected chi connectivity index (χ3v) is 4.55. The molecule has 0 spiro atoms. The summed E-state index contributed by atoms with van der Waals surface area (Å²) < 4.78 is 12.9. The van der Waals surface area contributed by atoms with Crippen LogP contribution in [0.1, 0.15) is 5.56 Å². The molecular weight excluding hydrogens is 331 g/mol. The predicted octanol–water partition coefficient (Wildman–Crippen LogP) is 2.31. The molecule has 2 N–H and O–H groups in total. The van der Waals surface area contributed by atoms with Gasteiger partial charge in [0.2, 0.25) is 5.91 Å². The van der Waals surface area contributed by atoms with Gasteiger partial charge in [-0.25, -0.2) is 4.39 Å². The van der Waals surface area contributed by atoms with Gasteiger partial charge in [0.25, 0.3) is 0 Å². The van der Waals surface area contributed by atoms with E-state index in [1.54, 1.807) is 12.1 Å². The van der Waals surface area contributed by atoms with E-state index in [2.05, 4.69) is 27.5 Å². The van der Waals surface area contributed by atoms with E-state index in [-0.39, 0.29) is 18.3 Å². The van der Waals surface area contributed by atoms with Gasteiger partial charge in [-0.2, -0.15) is 0 Å². The smallest absolute Gasteiger partial charge is 0.238 e. The average molecular weight is 356 g/mol. The zero-order valence-corrected chi connectivity index (χ0v) is 15.0. The summed E-state index contributed by atoms with van der Waals surface area (Å²) in [6, 6.07) is 14.2. The van der Waals surface area contributed by atoms with E-state index in [9.17, 15) is 9.18 Å². The quantitative estimate of drug-likeness (QED) is 0.834. The molecule has 1 aliphatic heterocycles. The first-order valence-corrected chi connectivity index (χ1v) is 8.89. The van der Waals surface area contributed by atoms with Gasteiger partial charge in [0, 0.05) is 44.1 Å². The van der Waals surface area contributed by atoms with Crippen LogP contribution in [0.15, 0.2) is 48.5 Å². The Hall–Kier alpha value is -2.44. The van der Waals surface area contributed by atoms with Crippen molar-refractivity contribution in [3.63, 3.8) is 0 Å². The van der Waals surface area contributed by atoms with E-state index in [0.29, 0.717) is 6.54 Å². The van der Waals surface area contributed by atoms with E-state index in [4.69, 9.17) is 0 Å². The topological polar surface area (TPSA) is 47.6 Å². The second kappa shape index (κ2) is 8.78. The molecule has 138 valence electrons. The Bertz CT molecular complexity index is 710. The van der Waals surface area contributed by atoms with Gasteiger partial charge in [0.1, 0.15) is 5.82 Å². The van der Waals surface area contributed by atoms with Crippen molar-refractivity contribution >= 4 is 17.3 Å². The summed E-state index contributed by atoms with van der Waals surface area (Å²) in [6.07, 6.45) is 0. The Morgan fingerprint density at radius 1 is 1.00 bits per heavy atom. The second-order valence-electron chi connectivity index (χ2n) is 6.62. The maximum atomic E-state index is 12.9. The highest BCUT2D eigenvalue weighted by Gasteiger charge is 2.14. The van der Waals surface area contributed by atoms with Crippen molar-refractivity contribution in [1.29, 1.82) is 0 Å². The molecule has 1 amide bonds. The highest BCUT2D eigenvalue weighted by molar-refractivity contribution is 5.92. The fourth-order valence-corrected chi connectivity index (χ4v) is 2.95. The van der Waals surface area contributed by atoms with Crippen molar-refractivity contribution in [1.82, 2.24) is 10.2 Å². The Labute approximate surface area is 153 Å². The molecule has 1 aliphatic rings. The minimum Gasteiger partial charge on any atom is -0.369 e. The third-order valence-electron chi connectivity index (χ3n) is 4.55. The molecule has 0 radical (unpaired) electrons. The summed E-state index contributed by atoms with van der Waals surface area (Å²) in [7, 11) is 2.14. The number of likely N-dealkylation sites (N-methyl/N-ethyl adjacent to an activating group) is 1. The number of piperazine rings is 1. The summed E-state index contributed by atoms with van der Waals surface area (Å²) in [6.45, 7) is 4.91. The lowest BCUT2D eigenvalue weighted by atomic mass is 10.2. The van der Waals surface area contributed by atoms with Crippen molar-refractivity contribution in [2.24, 2.45) is 0 Å². The van der Waals surface area contributed by atoms with Gasteiger partial charge in [-0.1, -0.05) is 12.1 Å². The molecule has 6 heteroatoms. The van der Waals surface area contributed by atoms with Crippen LogP contribution in [0, 0.1) is 5.82 Å². The van der Waals surface area contributed by atoms with Crippen molar-refractivity contribution in [2.75, 3.05) is 50.0 Å². The highest BCUT2D eigenvalue weighted by Crippen LogP contribution is 2.19. The van der Waals surface area contributed by atoms with Crippen molar-refractivity contribution in [3.05, 3.63) is 59.9 Å². The van der Waals surface area contributed by atoms with E-state index >= 15 is 0 Å². The zero-order valence-electron chi connectivity index (χ0n) is 15.0. The lowest BCUT2D eigenvalue weighted by molar-refractivity contribution is -0.115. The number of nitrogens with zero attached hydrogens (tertiary/aromatic N) is 2. The van der Waals surface area contributed by atoms with Crippen LogP contribution < -0.4 is 15.5 Å². The summed E-state index contributed by atoms with van der Waals surface area (Å²) >= 11 is 0. The molecule has 0 atom stereocenters. The average Bonchev–Trinajstić information content (AvgIpc) is 2.65. The molecule has 2 aromatic rings. The number of carbonyl (C=O) groups excluding carboxylic acids is 1. The van der Waals surface area contributed by atoms with E-state index in [0.717, 1.165) is 37.4 Å². The fraction of sp³-hybridized carbons (Fsp3) is 0.350. The number of nitrogens with one attached hydrogen (secondary N) is 2. The normalized spacial score (nSPS) is 15.1. The van der Waals surface area contributed by atoms with Crippen LogP contribution in [-0.4, -0.2) is 50.6 Å². The molecule has 1 saturated heterocycles. The van der Waals surface area contributed by atoms with Crippen molar-refractivity contribution in [2.45, 2.75) is 6.54 Å². The van der Waals surface area contributed by atoms with Crippen molar-refractivity contribution in [3.8, 4) is 0 Å². The number of halogens is 1. The standard InChI is InChI=1S/C20H25FN4O/c1-24-10-12-25(13-11-24)19-8-6-18(7-9-19)23-20(26)15-22-14-16-2-4-17(21)5-3-16/h2-9,22H,10-15H2,1H3,(H,23,26). The Morgan fingerprint density at radius 3 is 2.31 bits per heavy atom. The molecule has 3 rings (SSSR count). The SMILES string of the molecule is CN1CCN(c2ccc(NC(=O)CNCc3ccc(F)cc3)cc2)CC1. The summed E-state index contributed by atoms with van der Waals surface area (Å²) in [4.78, 5) is 16.7. The first-order valence-electron chi connectivity index (χ1n) is 8.89. The molecule has 2 aromatic carbocycles. The summed E-state index contributed by atoms with van der Waals surface area (Å²) in [5.74, 6) is -0.356. The molecular formula is C20H25FN4O. The number of hydrogen-bond acceptors (Lipinski definition) is 4. The van der Waals surface area contributed by atoms with E-state index in [1.807, 2.05) is 24.3 Å². The van der Waals surface area contributed by atoms with Crippen LogP contribution in [0.4, 0.5) is 15.8 Å². The summed E-state index contributed by atoms with van der Waals surface area (Å²) in [5, 5.41) is 5.95. The van der Waals surface area contributed by atoms with Crippen LogP contribution in [0.2, 0.25) is 0 Å². The van der Waals surface area contributed by atoms with Crippen LogP contribution in [-0.2, 0) is 11.3 Å². The minimum atomic E-state index is -0.258. The molecule has 0 unspecified atom stereocenters. The van der Waals surface area contributed by atoms with Gasteiger partial charge in [-0.15, -0.1) is 0 Å². The highest BCUT2D eigenvalue weighted by atomic mass is 19.1. The predicted molar refractivity (Wildman–Crippen MR) is 103 cm³/mol. The van der Waals surface area contributed by atoms with Crippen molar-refractivity contribution < 1.29 is 9.18 Å². The molecule has 0 bridgehead atoms. The number of anilines is 2. The van der Waals surface area contributed by atoms with Gasteiger partial charge < -0.3 is 20.4 Å². The van der Waals surface area contributed by atoms with Crippen LogP contribution in [0.25, 0.3) is 0 Å². The van der Waals surface area contributed by atoms with Gasteiger partial charge >= 0.3 is 0 Å². The number of rotatable bonds is 6. The van der Waals surface area contributed by atoms with Gasteiger partial charge in [0.15, 0.2) is 0 Å². The number of carbonyl (C=O) groups is 1. The second-order valence-corrected chi connectivity index (χ2v) is 6.62. The zero-order chi connectivity index (χ0) is 18.4. The van der Waals surface area contributed by atoms with E-state index in [1.165, 1.54) is 17.8 Å². The third kappa shape index (κ3) is 5.28. The largest absolute Gasteiger partial charge is 0.369 e. The molecule has 5 nitrogen and oxygen atoms in total. The molecule has 0 saturated carbocycles. The maximum Gasteiger partial charge on any atom is 0.238 e. The summed E-state index contributed by atoms with van der Waals surface area (Å²) in [5.41, 5.74) is 2.91. The monoisotopic (exact) mass is 356 g/mol. The molecule has 1 fully saturated rings. The molecule has 26 heavy (non-hydrogen) atoms. The lowest BCUT2D eigenvalue weighted by Gasteiger charge is -2.34. The Kier molecular flexibility index (Phi) is 6.20. The van der Waals surface area contributed by atoms with Gasteiger partial charge in [-0.3, -0.25) is 4.79 Å². The molecule has 1 heterocycles.